The molecule has 4 aromatic rings. The molecule has 1 aliphatic rings. The van der Waals surface area contributed by atoms with E-state index in [0.29, 0.717) is 18.3 Å². The Hall–Kier alpha value is -2.35. The van der Waals surface area contributed by atoms with E-state index in [0.717, 1.165) is 18.5 Å². The Morgan fingerprint density at radius 1 is 1.11 bits per heavy atom. The molecule has 0 N–H and O–H groups in total. The summed E-state index contributed by atoms with van der Waals surface area (Å²) in [5, 5.41) is 8.37. The molecule has 136 valence electrons. The van der Waals surface area contributed by atoms with Gasteiger partial charge in [-0.15, -0.1) is 22.7 Å². The zero-order chi connectivity index (χ0) is 18.2. The average molecular weight is 398 g/mol. The van der Waals surface area contributed by atoms with E-state index in [2.05, 4.69) is 44.0 Å². The van der Waals surface area contributed by atoms with Crippen molar-refractivity contribution >= 4 is 22.7 Å². The number of halogens is 1. The van der Waals surface area contributed by atoms with Crippen molar-refractivity contribution in [2.24, 2.45) is 0 Å². The Morgan fingerprint density at radius 2 is 2.00 bits per heavy atom. The molecule has 1 aliphatic heterocycles. The van der Waals surface area contributed by atoms with Gasteiger partial charge in [0.1, 0.15) is 5.82 Å². The average Bonchev–Trinajstić information content (AvgIpc) is 3.44. The molecule has 0 saturated carbocycles. The maximum atomic E-state index is 13.1. The lowest BCUT2D eigenvalue weighted by Crippen LogP contribution is -2.34. The number of hydrogen-bond donors (Lipinski definition) is 0. The quantitative estimate of drug-likeness (QED) is 0.478. The summed E-state index contributed by atoms with van der Waals surface area (Å²) in [6, 6.07) is 12.9. The largest absolute Gasteiger partial charge is 0.338 e. The molecular formula is C20H16FN3OS2. The molecule has 0 fully saturated rings. The number of benzene rings is 1. The SMILES string of the molecule is Fc1ccc(-c2noc(CN3CCc4sccc4C3c3cccs3)n2)cc1. The normalized spacial score (nSPS) is 17.1. The fourth-order valence-electron chi connectivity index (χ4n) is 3.53. The molecule has 0 amide bonds. The highest BCUT2D eigenvalue weighted by atomic mass is 32.1. The highest BCUT2D eigenvalue weighted by molar-refractivity contribution is 7.10. The minimum Gasteiger partial charge on any atom is -0.338 e. The Bertz CT molecular complexity index is 1040. The Labute approximate surface area is 163 Å². The fraction of sp³-hybridized carbons (Fsp3) is 0.200. The predicted molar refractivity (Wildman–Crippen MR) is 104 cm³/mol. The van der Waals surface area contributed by atoms with Gasteiger partial charge in [-0.25, -0.2) is 4.39 Å². The minimum absolute atomic E-state index is 0.223. The summed E-state index contributed by atoms with van der Waals surface area (Å²) in [4.78, 5) is 9.71. The van der Waals surface area contributed by atoms with Crippen LogP contribution in [-0.2, 0) is 13.0 Å². The van der Waals surface area contributed by atoms with Crippen molar-refractivity contribution < 1.29 is 8.91 Å². The third-order valence-corrected chi connectivity index (χ3v) is 6.71. The van der Waals surface area contributed by atoms with Gasteiger partial charge < -0.3 is 4.52 Å². The maximum absolute atomic E-state index is 13.1. The van der Waals surface area contributed by atoms with Crippen molar-refractivity contribution in [1.82, 2.24) is 15.0 Å². The summed E-state index contributed by atoms with van der Waals surface area (Å²) >= 11 is 3.61. The van der Waals surface area contributed by atoms with E-state index in [1.807, 2.05) is 11.3 Å². The van der Waals surface area contributed by atoms with Crippen LogP contribution in [0.4, 0.5) is 4.39 Å². The summed E-state index contributed by atoms with van der Waals surface area (Å²) in [7, 11) is 0. The lowest BCUT2D eigenvalue weighted by atomic mass is 9.98. The standard InChI is InChI=1S/C20H16FN3OS2/c21-14-5-3-13(4-6-14)20-22-18(25-23-20)12-24-9-7-16-15(8-11-27-16)19(24)17-2-1-10-26-17/h1-6,8,10-11,19H,7,9,12H2. The first kappa shape index (κ1) is 16.8. The number of nitrogens with zero attached hydrogens (tertiary/aromatic N) is 3. The molecule has 1 atom stereocenters. The van der Waals surface area contributed by atoms with E-state index >= 15 is 0 Å². The van der Waals surface area contributed by atoms with Gasteiger partial charge in [-0.05, 0) is 59.1 Å². The van der Waals surface area contributed by atoms with Gasteiger partial charge in [0.2, 0.25) is 11.7 Å². The van der Waals surface area contributed by atoms with E-state index < -0.39 is 0 Å². The lowest BCUT2D eigenvalue weighted by Gasteiger charge is -2.34. The van der Waals surface area contributed by atoms with Gasteiger partial charge in [-0.2, -0.15) is 4.98 Å². The predicted octanol–water partition coefficient (Wildman–Crippen LogP) is 5.15. The number of hydrogen-bond acceptors (Lipinski definition) is 6. The summed E-state index contributed by atoms with van der Waals surface area (Å²) < 4.78 is 18.6. The topological polar surface area (TPSA) is 42.2 Å². The first-order chi connectivity index (χ1) is 13.3. The summed E-state index contributed by atoms with van der Waals surface area (Å²) in [6.45, 7) is 1.54. The van der Waals surface area contributed by atoms with Crippen molar-refractivity contribution in [3.63, 3.8) is 0 Å². The van der Waals surface area contributed by atoms with Crippen molar-refractivity contribution in [2.45, 2.75) is 19.0 Å². The Morgan fingerprint density at radius 3 is 2.81 bits per heavy atom. The highest BCUT2D eigenvalue weighted by Crippen LogP contribution is 2.40. The van der Waals surface area contributed by atoms with Crippen LogP contribution in [0.25, 0.3) is 11.4 Å². The molecule has 1 unspecified atom stereocenters. The Kier molecular flexibility index (Phi) is 4.35. The summed E-state index contributed by atoms with van der Waals surface area (Å²) in [5.41, 5.74) is 2.13. The molecule has 7 heteroatoms. The van der Waals surface area contributed by atoms with Gasteiger partial charge in [0, 0.05) is 21.9 Å². The van der Waals surface area contributed by atoms with E-state index in [-0.39, 0.29) is 11.9 Å². The molecule has 1 aromatic carbocycles. The molecule has 0 radical (unpaired) electrons. The van der Waals surface area contributed by atoms with Crippen molar-refractivity contribution in [2.75, 3.05) is 6.54 Å². The van der Waals surface area contributed by atoms with Crippen LogP contribution < -0.4 is 0 Å². The summed E-state index contributed by atoms with van der Waals surface area (Å²) in [6.07, 6.45) is 1.04. The Balaban J connectivity index is 1.42. The van der Waals surface area contributed by atoms with E-state index in [1.165, 1.54) is 27.5 Å². The van der Waals surface area contributed by atoms with Gasteiger partial charge in [-0.1, -0.05) is 11.2 Å². The first-order valence-corrected chi connectivity index (χ1v) is 10.5. The second-order valence-electron chi connectivity index (χ2n) is 6.46. The van der Waals surface area contributed by atoms with Crippen LogP contribution in [0.2, 0.25) is 0 Å². The zero-order valence-corrected chi connectivity index (χ0v) is 16.0. The van der Waals surface area contributed by atoms with Crippen molar-refractivity contribution in [3.05, 3.63) is 80.3 Å². The highest BCUT2D eigenvalue weighted by Gasteiger charge is 2.31. The number of rotatable bonds is 4. The third-order valence-electron chi connectivity index (χ3n) is 4.79. The lowest BCUT2D eigenvalue weighted by molar-refractivity contribution is 0.181. The van der Waals surface area contributed by atoms with Gasteiger partial charge in [0.15, 0.2) is 0 Å². The van der Waals surface area contributed by atoms with Gasteiger partial charge in [-0.3, -0.25) is 4.90 Å². The smallest absolute Gasteiger partial charge is 0.241 e. The van der Waals surface area contributed by atoms with E-state index in [9.17, 15) is 4.39 Å². The molecule has 27 heavy (non-hydrogen) atoms. The fourth-order valence-corrected chi connectivity index (χ4v) is 5.31. The maximum Gasteiger partial charge on any atom is 0.241 e. The number of fused-ring (bicyclic) bond motifs is 1. The summed E-state index contributed by atoms with van der Waals surface area (Å²) in [5.74, 6) is 0.793. The van der Waals surface area contributed by atoms with E-state index in [1.54, 1.807) is 23.5 Å². The minimum atomic E-state index is -0.277. The van der Waals surface area contributed by atoms with Crippen molar-refractivity contribution in [3.8, 4) is 11.4 Å². The molecule has 4 nitrogen and oxygen atoms in total. The van der Waals surface area contributed by atoms with Gasteiger partial charge in [0.05, 0.1) is 12.6 Å². The van der Waals surface area contributed by atoms with Crippen LogP contribution in [0.1, 0.15) is 27.3 Å². The number of thiophene rings is 2. The molecule has 0 saturated heterocycles. The second kappa shape index (κ2) is 6.99. The molecule has 0 spiro atoms. The van der Waals surface area contributed by atoms with Crippen LogP contribution in [-0.4, -0.2) is 21.6 Å². The van der Waals surface area contributed by atoms with Crippen LogP contribution in [0.3, 0.4) is 0 Å². The molecule has 0 aliphatic carbocycles. The van der Waals surface area contributed by atoms with Crippen LogP contribution in [0, 0.1) is 5.82 Å². The number of aromatic nitrogens is 2. The van der Waals surface area contributed by atoms with E-state index in [4.69, 9.17) is 4.52 Å². The van der Waals surface area contributed by atoms with Gasteiger partial charge in [0.25, 0.3) is 0 Å². The molecular weight excluding hydrogens is 381 g/mol. The molecule has 5 rings (SSSR count). The first-order valence-electron chi connectivity index (χ1n) is 8.70. The van der Waals surface area contributed by atoms with Crippen LogP contribution >= 0.6 is 22.7 Å². The van der Waals surface area contributed by atoms with Crippen LogP contribution in [0.15, 0.2) is 57.7 Å². The second-order valence-corrected chi connectivity index (χ2v) is 8.44. The molecule has 0 bridgehead atoms. The molecule has 3 aromatic heterocycles. The van der Waals surface area contributed by atoms with Gasteiger partial charge >= 0.3 is 0 Å². The zero-order valence-electron chi connectivity index (χ0n) is 14.3. The third kappa shape index (κ3) is 3.22. The van der Waals surface area contributed by atoms with Crippen molar-refractivity contribution in [1.29, 1.82) is 0 Å². The monoisotopic (exact) mass is 397 g/mol. The molecule has 4 heterocycles. The van der Waals surface area contributed by atoms with Crippen LogP contribution in [0.5, 0.6) is 0 Å².